The molecule has 11 nitrogen and oxygen atoms in total. The molecule has 4 atom stereocenters. The van der Waals surface area contributed by atoms with E-state index in [9.17, 15) is 28.4 Å². The molecule has 0 unspecified atom stereocenters. The van der Waals surface area contributed by atoms with Crippen LogP contribution in [0.3, 0.4) is 0 Å². The molecule has 1 aromatic heterocycles. The monoisotopic (exact) mass is 588 g/mol. The molecule has 12 heteroatoms. The molecule has 2 heterocycles. The molecule has 1 saturated heterocycles. The van der Waals surface area contributed by atoms with Crippen LogP contribution in [0.5, 0.6) is 0 Å². The lowest BCUT2D eigenvalue weighted by molar-refractivity contribution is -0.0657. The maximum absolute atomic E-state index is 14.7. The Bertz CT molecular complexity index is 1740. The predicted molar refractivity (Wildman–Crippen MR) is 148 cm³/mol. The number of aromatic nitrogens is 2. The minimum absolute atomic E-state index is 0.102. The second kappa shape index (κ2) is 12.7. The second-order valence-electron chi connectivity index (χ2n) is 9.55. The van der Waals surface area contributed by atoms with Crippen molar-refractivity contribution in [1.82, 2.24) is 9.55 Å². The Morgan fingerprint density at radius 1 is 0.767 bits per heavy atom. The molecule has 0 aliphatic carbocycles. The number of benzene rings is 3. The third kappa shape index (κ3) is 6.28. The van der Waals surface area contributed by atoms with Crippen molar-refractivity contribution in [1.29, 1.82) is 0 Å². The van der Waals surface area contributed by atoms with E-state index >= 15 is 0 Å². The molecule has 0 spiro atoms. The highest BCUT2D eigenvalue weighted by Gasteiger charge is 2.52. The Kier molecular flexibility index (Phi) is 8.58. The number of hydrogen-bond acceptors (Lipinski definition) is 9. The van der Waals surface area contributed by atoms with Gasteiger partial charge in [-0.3, -0.25) is 4.79 Å². The normalized spacial score (nSPS) is 19.4. The fourth-order valence-corrected chi connectivity index (χ4v) is 4.53. The van der Waals surface area contributed by atoms with Crippen molar-refractivity contribution in [2.24, 2.45) is 0 Å². The number of nitrogens with zero attached hydrogens (tertiary/aromatic N) is 1. The summed E-state index contributed by atoms with van der Waals surface area (Å²) in [6, 6.07) is 23.6. The fourth-order valence-electron chi connectivity index (χ4n) is 4.53. The summed E-state index contributed by atoms with van der Waals surface area (Å²) in [5.41, 5.74) is -2.29. The van der Waals surface area contributed by atoms with Gasteiger partial charge in [-0.05, 0) is 43.3 Å². The smallest absolute Gasteiger partial charge is 0.338 e. The third-order valence-electron chi connectivity index (χ3n) is 6.68. The summed E-state index contributed by atoms with van der Waals surface area (Å²) < 4.78 is 37.9. The number of aromatic amines is 1. The quantitative estimate of drug-likeness (QED) is 0.243. The Labute approximate surface area is 243 Å². The second-order valence-corrected chi connectivity index (χ2v) is 9.55. The number of hydrogen-bond donors (Lipinski definition) is 1. The van der Waals surface area contributed by atoms with E-state index in [-0.39, 0.29) is 22.4 Å². The van der Waals surface area contributed by atoms with Gasteiger partial charge in [0.15, 0.2) is 18.4 Å². The van der Waals surface area contributed by atoms with Crippen LogP contribution in [0.2, 0.25) is 0 Å². The lowest BCUT2D eigenvalue weighted by Crippen LogP contribution is -2.46. The van der Waals surface area contributed by atoms with Gasteiger partial charge in [0, 0.05) is 0 Å². The summed E-state index contributed by atoms with van der Waals surface area (Å²) in [6.45, 7) is 0.651. The zero-order valence-electron chi connectivity index (χ0n) is 22.7. The third-order valence-corrected chi connectivity index (χ3v) is 6.68. The molecule has 3 aromatic carbocycles. The lowest BCUT2D eigenvalue weighted by Gasteiger charge is -2.25. The number of rotatable bonds is 8. The zero-order valence-corrected chi connectivity index (χ0v) is 22.7. The van der Waals surface area contributed by atoms with Crippen molar-refractivity contribution in [2.45, 2.75) is 31.5 Å². The summed E-state index contributed by atoms with van der Waals surface area (Å²) in [5, 5.41) is 0. The molecule has 220 valence electrons. The first-order valence-electron chi connectivity index (χ1n) is 13.1. The summed E-state index contributed by atoms with van der Waals surface area (Å²) >= 11 is 0. The van der Waals surface area contributed by atoms with Crippen LogP contribution in [0.1, 0.15) is 43.0 Å². The van der Waals surface area contributed by atoms with E-state index in [0.29, 0.717) is 4.57 Å². The van der Waals surface area contributed by atoms with Crippen LogP contribution in [0, 0.1) is 12.7 Å². The van der Waals surface area contributed by atoms with Gasteiger partial charge < -0.3 is 23.9 Å². The first kappa shape index (κ1) is 29.1. The Morgan fingerprint density at radius 3 is 1.74 bits per heavy atom. The Balaban J connectivity index is 1.55. The van der Waals surface area contributed by atoms with E-state index in [1.165, 1.54) is 43.3 Å². The van der Waals surface area contributed by atoms with E-state index in [1.54, 1.807) is 54.6 Å². The lowest BCUT2D eigenvalue weighted by atomic mass is 10.1. The topological polar surface area (TPSA) is 143 Å². The molecule has 5 rings (SSSR count). The van der Waals surface area contributed by atoms with Crippen molar-refractivity contribution < 1.29 is 37.7 Å². The van der Waals surface area contributed by atoms with Crippen molar-refractivity contribution >= 4 is 17.9 Å². The van der Waals surface area contributed by atoms with Crippen LogP contribution < -0.4 is 11.2 Å². The predicted octanol–water partition coefficient (Wildman–Crippen LogP) is 3.19. The number of aryl methyl sites for hydroxylation is 1. The average molecular weight is 589 g/mol. The van der Waals surface area contributed by atoms with Gasteiger partial charge in [0.25, 0.3) is 5.56 Å². The molecule has 1 fully saturated rings. The Hall–Kier alpha value is -5.36. The standard InChI is InChI=1S/C31H25FN2O9/c1-18-23(32)26(35)34(31(39)33-18)27-25(43-30(38)21-15-9-4-10-16-21)24(42-29(37)20-13-7-3-8-14-20)22(41-27)17-40-28(36)19-11-5-2-6-12-19/h2-16,22,24-25,27H,17H2,1H3,(H,33,39)/t22-,24-,25-,27-/m1/s1. The van der Waals surface area contributed by atoms with E-state index in [1.807, 2.05) is 0 Å². The van der Waals surface area contributed by atoms with E-state index in [2.05, 4.69) is 4.98 Å². The largest absolute Gasteiger partial charge is 0.459 e. The van der Waals surface area contributed by atoms with Gasteiger partial charge in [-0.2, -0.15) is 4.39 Å². The highest BCUT2D eigenvalue weighted by molar-refractivity contribution is 5.91. The molecule has 43 heavy (non-hydrogen) atoms. The SMILES string of the molecule is Cc1[nH]c(=O)n([C@@H]2O[C@H](COC(=O)c3ccccc3)[C@@H](OC(=O)c3ccccc3)[C@H]2OC(=O)c2ccccc2)c(=O)c1F. The van der Waals surface area contributed by atoms with Gasteiger partial charge in [0.2, 0.25) is 5.82 Å². The van der Waals surface area contributed by atoms with Crippen LogP contribution in [0.25, 0.3) is 0 Å². The minimum atomic E-state index is -1.77. The van der Waals surface area contributed by atoms with Crippen molar-refractivity contribution in [3.05, 3.63) is 140 Å². The van der Waals surface area contributed by atoms with Crippen LogP contribution in [-0.2, 0) is 18.9 Å². The molecule has 1 N–H and O–H groups in total. The fraction of sp³-hybridized carbons (Fsp3) is 0.194. The highest BCUT2D eigenvalue weighted by Crippen LogP contribution is 2.34. The van der Waals surface area contributed by atoms with Crippen LogP contribution in [-0.4, -0.2) is 52.4 Å². The minimum Gasteiger partial charge on any atom is -0.459 e. The number of ether oxygens (including phenoxy) is 4. The Morgan fingerprint density at radius 2 is 1.23 bits per heavy atom. The zero-order chi connectivity index (χ0) is 30.5. The van der Waals surface area contributed by atoms with E-state index in [0.717, 1.165) is 0 Å². The molecule has 0 amide bonds. The summed E-state index contributed by atoms with van der Waals surface area (Å²) in [5.74, 6) is -3.77. The van der Waals surface area contributed by atoms with Gasteiger partial charge in [0.1, 0.15) is 12.7 Å². The maximum atomic E-state index is 14.7. The van der Waals surface area contributed by atoms with Gasteiger partial charge >= 0.3 is 23.6 Å². The van der Waals surface area contributed by atoms with Gasteiger partial charge in [-0.25, -0.2) is 23.7 Å². The number of carbonyl (C=O) groups excluding carboxylic acids is 3. The molecular weight excluding hydrogens is 563 g/mol. The molecule has 0 radical (unpaired) electrons. The van der Waals surface area contributed by atoms with Crippen LogP contribution >= 0.6 is 0 Å². The average Bonchev–Trinajstić information content (AvgIpc) is 3.35. The summed E-state index contributed by atoms with van der Waals surface area (Å²) in [6.07, 6.45) is -6.28. The molecule has 0 saturated carbocycles. The number of H-pyrrole nitrogens is 1. The van der Waals surface area contributed by atoms with Crippen molar-refractivity contribution in [3.63, 3.8) is 0 Å². The molecule has 1 aliphatic heterocycles. The first-order chi connectivity index (χ1) is 20.7. The van der Waals surface area contributed by atoms with Gasteiger partial charge in [0.05, 0.1) is 22.4 Å². The molecule has 4 aromatic rings. The number of esters is 3. The van der Waals surface area contributed by atoms with Gasteiger partial charge in [-0.1, -0.05) is 54.6 Å². The number of halogens is 1. The summed E-state index contributed by atoms with van der Waals surface area (Å²) in [4.78, 5) is 67.2. The number of carbonyl (C=O) groups is 3. The first-order valence-corrected chi connectivity index (χ1v) is 13.1. The molecule has 1 aliphatic rings. The van der Waals surface area contributed by atoms with E-state index < -0.39 is 66.1 Å². The van der Waals surface area contributed by atoms with Crippen LogP contribution in [0.4, 0.5) is 4.39 Å². The summed E-state index contributed by atoms with van der Waals surface area (Å²) in [7, 11) is 0. The van der Waals surface area contributed by atoms with Crippen LogP contribution in [0.15, 0.2) is 101 Å². The molecule has 0 bridgehead atoms. The van der Waals surface area contributed by atoms with Gasteiger partial charge in [-0.15, -0.1) is 0 Å². The van der Waals surface area contributed by atoms with Crippen molar-refractivity contribution in [3.8, 4) is 0 Å². The highest BCUT2D eigenvalue weighted by atomic mass is 19.1. The number of nitrogens with one attached hydrogen (secondary N) is 1. The molecular formula is C31H25FN2O9. The van der Waals surface area contributed by atoms with E-state index in [4.69, 9.17) is 18.9 Å². The maximum Gasteiger partial charge on any atom is 0.338 e. The van der Waals surface area contributed by atoms with Crippen molar-refractivity contribution in [2.75, 3.05) is 6.61 Å².